The lowest BCUT2D eigenvalue weighted by atomic mass is 9.91. The Bertz CT molecular complexity index is 627. The average Bonchev–Trinajstić information content (AvgIpc) is 2.57. The van der Waals surface area contributed by atoms with E-state index in [-0.39, 0.29) is 5.82 Å². The number of likely N-dealkylation sites (tertiary alicyclic amines) is 1. The number of pyridine rings is 1. The molecule has 2 N–H and O–H groups in total. The standard InChI is InChI=1S/C19H24FN3/c20-18-9-7-15(8-10-18)5-6-16-3-2-12-23(13-16)14-17-4-1-11-22-19(17)21/h1,4,7-11,16H,2-3,5-6,12-14H2,(H2,21,22)/t16-/m1/s1. The Hall–Kier alpha value is -1.94. The van der Waals surface area contributed by atoms with Crippen molar-refractivity contribution in [1.82, 2.24) is 9.88 Å². The van der Waals surface area contributed by atoms with Crippen LogP contribution in [-0.2, 0) is 13.0 Å². The van der Waals surface area contributed by atoms with Crippen LogP contribution in [0.1, 0.15) is 30.4 Å². The Morgan fingerprint density at radius 3 is 2.83 bits per heavy atom. The summed E-state index contributed by atoms with van der Waals surface area (Å²) in [5.41, 5.74) is 8.29. The first kappa shape index (κ1) is 15.9. The van der Waals surface area contributed by atoms with E-state index in [0.717, 1.165) is 38.0 Å². The fourth-order valence-corrected chi connectivity index (χ4v) is 3.38. The number of nitrogens with zero attached hydrogens (tertiary/aromatic N) is 2. The third-order valence-corrected chi connectivity index (χ3v) is 4.68. The van der Waals surface area contributed by atoms with Crippen LogP contribution in [0, 0.1) is 11.7 Å². The van der Waals surface area contributed by atoms with Crippen LogP contribution in [-0.4, -0.2) is 23.0 Å². The third-order valence-electron chi connectivity index (χ3n) is 4.68. The average molecular weight is 313 g/mol. The predicted octanol–water partition coefficient (Wildman–Crippen LogP) is 3.65. The largest absolute Gasteiger partial charge is 0.383 e. The summed E-state index contributed by atoms with van der Waals surface area (Å²) in [5.74, 6) is 1.18. The summed E-state index contributed by atoms with van der Waals surface area (Å²) in [7, 11) is 0. The highest BCUT2D eigenvalue weighted by Crippen LogP contribution is 2.23. The predicted molar refractivity (Wildman–Crippen MR) is 91.4 cm³/mol. The number of anilines is 1. The number of benzene rings is 1. The molecule has 1 aromatic carbocycles. The number of rotatable bonds is 5. The van der Waals surface area contributed by atoms with Crippen molar-refractivity contribution in [2.45, 2.75) is 32.2 Å². The number of hydrogen-bond donors (Lipinski definition) is 1. The van der Waals surface area contributed by atoms with Crippen molar-refractivity contribution in [3.05, 3.63) is 59.5 Å². The van der Waals surface area contributed by atoms with E-state index in [2.05, 4.69) is 16.0 Å². The maximum atomic E-state index is 13.0. The lowest BCUT2D eigenvalue weighted by molar-refractivity contribution is 0.162. The van der Waals surface area contributed by atoms with Gasteiger partial charge in [-0.3, -0.25) is 4.90 Å². The van der Waals surface area contributed by atoms with Gasteiger partial charge in [-0.2, -0.15) is 0 Å². The van der Waals surface area contributed by atoms with E-state index in [1.165, 1.54) is 18.4 Å². The van der Waals surface area contributed by atoms with Crippen LogP contribution in [0.2, 0.25) is 0 Å². The molecule has 1 fully saturated rings. The van der Waals surface area contributed by atoms with E-state index in [9.17, 15) is 4.39 Å². The van der Waals surface area contributed by atoms with E-state index in [1.807, 2.05) is 18.2 Å². The molecule has 1 saturated heterocycles. The van der Waals surface area contributed by atoms with Crippen molar-refractivity contribution < 1.29 is 4.39 Å². The van der Waals surface area contributed by atoms with Crippen molar-refractivity contribution >= 4 is 5.82 Å². The molecule has 0 spiro atoms. The zero-order valence-electron chi connectivity index (χ0n) is 13.4. The van der Waals surface area contributed by atoms with Gasteiger partial charge in [0.2, 0.25) is 0 Å². The summed E-state index contributed by atoms with van der Waals surface area (Å²) in [6, 6.07) is 10.9. The number of piperidine rings is 1. The highest BCUT2D eigenvalue weighted by Gasteiger charge is 2.20. The number of aryl methyl sites for hydroxylation is 1. The molecule has 0 amide bonds. The second kappa shape index (κ2) is 7.55. The van der Waals surface area contributed by atoms with Crippen LogP contribution < -0.4 is 5.73 Å². The van der Waals surface area contributed by atoms with Gasteiger partial charge in [-0.25, -0.2) is 9.37 Å². The molecular formula is C19H24FN3. The Morgan fingerprint density at radius 1 is 1.22 bits per heavy atom. The smallest absolute Gasteiger partial charge is 0.127 e. The molecule has 1 aromatic heterocycles. The summed E-state index contributed by atoms with van der Waals surface area (Å²) in [6.45, 7) is 3.11. The lowest BCUT2D eigenvalue weighted by Crippen LogP contribution is -2.35. The minimum absolute atomic E-state index is 0.161. The van der Waals surface area contributed by atoms with E-state index < -0.39 is 0 Å². The zero-order chi connectivity index (χ0) is 16.1. The Kier molecular flexibility index (Phi) is 5.23. The van der Waals surface area contributed by atoms with Crippen LogP contribution in [0.4, 0.5) is 10.2 Å². The summed E-state index contributed by atoms with van der Waals surface area (Å²) < 4.78 is 13.0. The van der Waals surface area contributed by atoms with Crippen LogP contribution in [0.15, 0.2) is 42.6 Å². The van der Waals surface area contributed by atoms with E-state index >= 15 is 0 Å². The van der Waals surface area contributed by atoms with Gasteiger partial charge >= 0.3 is 0 Å². The van der Waals surface area contributed by atoms with Gasteiger partial charge in [0, 0.05) is 24.8 Å². The van der Waals surface area contributed by atoms with Crippen LogP contribution in [0.5, 0.6) is 0 Å². The molecule has 1 aliphatic rings. The second-order valence-corrected chi connectivity index (χ2v) is 6.46. The molecule has 1 aliphatic heterocycles. The highest BCUT2D eigenvalue weighted by atomic mass is 19.1. The van der Waals surface area contributed by atoms with Crippen molar-refractivity contribution in [2.24, 2.45) is 5.92 Å². The number of aromatic nitrogens is 1. The van der Waals surface area contributed by atoms with E-state index in [4.69, 9.17) is 5.73 Å². The summed E-state index contributed by atoms with van der Waals surface area (Å²) in [4.78, 5) is 6.65. The molecule has 122 valence electrons. The number of nitrogens with two attached hydrogens (primary N) is 1. The maximum absolute atomic E-state index is 13.0. The van der Waals surface area contributed by atoms with Gasteiger partial charge in [0.15, 0.2) is 0 Å². The first-order valence-electron chi connectivity index (χ1n) is 8.37. The molecule has 1 atom stereocenters. The molecule has 2 aromatic rings. The van der Waals surface area contributed by atoms with Gasteiger partial charge in [-0.1, -0.05) is 18.2 Å². The molecule has 3 rings (SSSR count). The number of halogens is 1. The third kappa shape index (κ3) is 4.52. The van der Waals surface area contributed by atoms with Crippen molar-refractivity contribution in [3.8, 4) is 0 Å². The van der Waals surface area contributed by atoms with Gasteiger partial charge in [0.05, 0.1) is 0 Å². The van der Waals surface area contributed by atoms with Crippen LogP contribution in [0.3, 0.4) is 0 Å². The molecule has 4 heteroatoms. The lowest BCUT2D eigenvalue weighted by Gasteiger charge is -2.33. The molecule has 0 saturated carbocycles. The van der Waals surface area contributed by atoms with Gasteiger partial charge in [0.25, 0.3) is 0 Å². The Labute approximate surface area is 137 Å². The molecule has 23 heavy (non-hydrogen) atoms. The molecule has 0 unspecified atom stereocenters. The summed E-state index contributed by atoms with van der Waals surface area (Å²) in [6.07, 6.45) is 6.42. The van der Waals surface area contributed by atoms with Crippen molar-refractivity contribution in [3.63, 3.8) is 0 Å². The molecule has 0 radical (unpaired) electrons. The quantitative estimate of drug-likeness (QED) is 0.916. The highest BCUT2D eigenvalue weighted by molar-refractivity contribution is 5.38. The topological polar surface area (TPSA) is 42.1 Å². The Balaban J connectivity index is 1.52. The Morgan fingerprint density at radius 2 is 2.04 bits per heavy atom. The molecule has 3 nitrogen and oxygen atoms in total. The van der Waals surface area contributed by atoms with Crippen molar-refractivity contribution in [1.29, 1.82) is 0 Å². The first-order valence-corrected chi connectivity index (χ1v) is 8.37. The van der Waals surface area contributed by atoms with Gasteiger partial charge in [-0.05, 0) is 61.9 Å². The first-order chi connectivity index (χ1) is 11.2. The minimum atomic E-state index is -0.161. The summed E-state index contributed by atoms with van der Waals surface area (Å²) in [5, 5.41) is 0. The number of hydrogen-bond acceptors (Lipinski definition) is 3. The molecular weight excluding hydrogens is 289 g/mol. The normalized spacial score (nSPS) is 18.9. The maximum Gasteiger partial charge on any atom is 0.127 e. The van der Waals surface area contributed by atoms with Gasteiger partial charge in [-0.15, -0.1) is 0 Å². The van der Waals surface area contributed by atoms with Crippen molar-refractivity contribution in [2.75, 3.05) is 18.8 Å². The zero-order valence-corrected chi connectivity index (χ0v) is 13.4. The minimum Gasteiger partial charge on any atom is -0.383 e. The van der Waals surface area contributed by atoms with Crippen LogP contribution in [0.25, 0.3) is 0 Å². The van der Waals surface area contributed by atoms with Gasteiger partial charge in [0.1, 0.15) is 11.6 Å². The van der Waals surface area contributed by atoms with Crippen LogP contribution >= 0.6 is 0 Å². The van der Waals surface area contributed by atoms with E-state index in [1.54, 1.807) is 18.3 Å². The number of nitrogen functional groups attached to an aromatic ring is 1. The van der Waals surface area contributed by atoms with E-state index in [0.29, 0.717) is 11.7 Å². The summed E-state index contributed by atoms with van der Waals surface area (Å²) >= 11 is 0. The molecule has 2 heterocycles. The molecule has 0 bridgehead atoms. The van der Waals surface area contributed by atoms with Gasteiger partial charge < -0.3 is 5.73 Å². The SMILES string of the molecule is Nc1ncccc1CN1CCC[C@H](CCc2ccc(F)cc2)C1. The monoisotopic (exact) mass is 313 g/mol. The second-order valence-electron chi connectivity index (χ2n) is 6.46. The molecule has 0 aliphatic carbocycles. The fraction of sp³-hybridized carbons (Fsp3) is 0.421. The fourth-order valence-electron chi connectivity index (χ4n) is 3.38.